The Bertz CT molecular complexity index is 173. The summed E-state index contributed by atoms with van der Waals surface area (Å²) in [6.07, 6.45) is 3.74. The van der Waals surface area contributed by atoms with Crippen molar-refractivity contribution in [2.75, 3.05) is 14.2 Å². The second-order valence-corrected chi connectivity index (χ2v) is 2.73. The maximum atomic E-state index is 5.25. The number of rotatable bonds is 2. The van der Waals surface area contributed by atoms with Gasteiger partial charge >= 0.3 is 0 Å². The molecule has 1 aliphatic carbocycles. The van der Waals surface area contributed by atoms with Gasteiger partial charge in [-0.05, 0) is 19.3 Å². The van der Waals surface area contributed by atoms with Crippen LogP contribution in [0.4, 0.5) is 0 Å². The Hall–Kier alpha value is -0.660. The van der Waals surface area contributed by atoms with Gasteiger partial charge in [-0.15, -0.1) is 0 Å². The Morgan fingerprint density at radius 1 is 1.45 bits per heavy atom. The van der Waals surface area contributed by atoms with Crippen LogP contribution >= 0.6 is 0 Å². The lowest BCUT2D eigenvalue weighted by Crippen LogP contribution is -2.19. The van der Waals surface area contributed by atoms with Crippen molar-refractivity contribution in [2.24, 2.45) is 9.98 Å². The molecule has 0 radical (unpaired) electrons. The monoisotopic (exact) mass is 154 g/mol. The molecular weight excluding hydrogens is 140 g/mol. The molecule has 62 valence electrons. The molecule has 1 fully saturated rings. The number of nitrogens with zero attached hydrogens (tertiary/aromatic N) is 2. The van der Waals surface area contributed by atoms with Crippen LogP contribution < -0.4 is 0 Å². The predicted octanol–water partition coefficient (Wildman–Crippen LogP) is 1.36. The standard InChI is InChI=1S/C8H14N2O/c1-9-6-10-7-4-3-5-8(7)11-2/h7-8H,3-5H2,1-2H3. The zero-order chi connectivity index (χ0) is 8.10. The van der Waals surface area contributed by atoms with E-state index in [2.05, 4.69) is 16.0 Å². The van der Waals surface area contributed by atoms with Gasteiger partial charge in [-0.2, -0.15) is 0 Å². The van der Waals surface area contributed by atoms with Crippen molar-refractivity contribution >= 4 is 6.01 Å². The minimum atomic E-state index is 0.295. The average molecular weight is 154 g/mol. The lowest BCUT2D eigenvalue weighted by atomic mass is 10.2. The fourth-order valence-corrected chi connectivity index (χ4v) is 1.46. The van der Waals surface area contributed by atoms with Gasteiger partial charge in [0.2, 0.25) is 0 Å². The minimum absolute atomic E-state index is 0.295. The molecule has 0 aliphatic heterocycles. The summed E-state index contributed by atoms with van der Waals surface area (Å²) in [5.41, 5.74) is 0. The van der Waals surface area contributed by atoms with Crippen molar-refractivity contribution in [1.29, 1.82) is 0 Å². The molecular formula is C8H14N2O. The average Bonchev–Trinajstić information content (AvgIpc) is 2.47. The summed E-state index contributed by atoms with van der Waals surface area (Å²) in [4.78, 5) is 7.85. The van der Waals surface area contributed by atoms with Crippen molar-refractivity contribution in [1.82, 2.24) is 0 Å². The van der Waals surface area contributed by atoms with Crippen LogP contribution in [0.5, 0.6) is 0 Å². The molecule has 0 aromatic rings. The lowest BCUT2D eigenvalue weighted by Gasteiger charge is -2.11. The van der Waals surface area contributed by atoms with Gasteiger partial charge in [0.25, 0.3) is 0 Å². The molecule has 1 aliphatic rings. The molecule has 3 nitrogen and oxygen atoms in total. The van der Waals surface area contributed by atoms with Gasteiger partial charge in [0.1, 0.15) is 0 Å². The summed E-state index contributed by atoms with van der Waals surface area (Å²) in [5, 5.41) is 0. The maximum Gasteiger partial charge on any atom is 0.0893 e. The smallest absolute Gasteiger partial charge is 0.0893 e. The SMILES string of the molecule is CN=C=NC1CCCC1OC. The number of hydrogen-bond donors (Lipinski definition) is 0. The van der Waals surface area contributed by atoms with Gasteiger partial charge in [-0.25, -0.2) is 9.98 Å². The highest BCUT2D eigenvalue weighted by molar-refractivity contribution is 5.41. The second-order valence-electron chi connectivity index (χ2n) is 2.73. The van der Waals surface area contributed by atoms with Crippen molar-refractivity contribution < 1.29 is 4.74 Å². The van der Waals surface area contributed by atoms with Crippen LogP contribution in [0.1, 0.15) is 19.3 Å². The van der Waals surface area contributed by atoms with Gasteiger partial charge in [0, 0.05) is 14.2 Å². The molecule has 0 N–H and O–H groups in total. The van der Waals surface area contributed by atoms with E-state index in [4.69, 9.17) is 4.74 Å². The Morgan fingerprint density at radius 2 is 2.27 bits per heavy atom. The summed E-state index contributed by atoms with van der Waals surface area (Å²) < 4.78 is 5.25. The summed E-state index contributed by atoms with van der Waals surface area (Å²) in [6.45, 7) is 0. The molecule has 0 aromatic carbocycles. The molecule has 0 heterocycles. The molecule has 0 bridgehead atoms. The van der Waals surface area contributed by atoms with Crippen molar-refractivity contribution in [3.05, 3.63) is 0 Å². The number of ether oxygens (including phenoxy) is 1. The van der Waals surface area contributed by atoms with Crippen LogP contribution in [0, 0.1) is 0 Å². The van der Waals surface area contributed by atoms with Crippen molar-refractivity contribution in [2.45, 2.75) is 31.4 Å². The molecule has 0 amide bonds. The molecule has 0 saturated heterocycles. The van der Waals surface area contributed by atoms with E-state index in [1.54, 1.807) is 14.2 Å². The number of methoxy groups -OCH3 is 1. The Morgan fingerprint density at radius 3 is 2.91 bits per heavy atom. The molecule has 0 aromatic heterocycles. The van der Waals surface area contributed by atoms with E-state index < -0.39 is 0 Å². The van der Waals surface area contributed by atoms with E-state index in [0.717, 1.165) is 12.8 Å². The Balaban J connectivity index is 2.50. The third kappa shape index (κ3) is 2.14. The summed E-state index contributed by atoms with van der Waals surface area (Å²) >= 11 is 0. The van der Waals surface area contributed by atoms with Crippen LogP contribution in [0.3, 0.4) is 0 Å². The van der Waals surface area contributed by atoms with E-state index in [1.165, 1.54) is 6.42 Å². The van der Waals surface area contributed by atoms with Crippen LogP contribution in [-0.2, 0) is 4.74 Å². The van der Waals surface area contributed by atoms with Crippen molar-refractivity contribution in [3.8, 4) is 0 Å². The fraction of sp³-hybridized carbons (Fsp3) is 0.875. The normalized spacial score (nSPS) is 29.6. The molecule has 1 saturated carbocycles. The van der Waals surface area contributed by atoms with Crippen LogP contribution in [-0.4, -0.2) is 32.3 Å². The first-order valence-electron chi connectivity index (χ1n) is 3.95. The van der Waals surface area contributed by atoms with Gasteiger partial charge in [0.05, 0.1) is 18.2 Å². The second kappa shape index (κ2) is 4.27. The van der Waals surface area contributed by atoms with Gasteiger partial charge in [0.15, 0.2) is 0 Å². The van der Waals surface area contributed by atoms with Crippen molar-refractivity contribution in [3.63, 3.8) is 0 Å². The molecule has 11 heavy (non-hydrogen) atoms. The lowest BCUT2D eigenvalue weighted by molar-refractivity contribution is 0.0968. The van der Waals surface area contributed by atoms with E-state index in [9.17, 15) is 0 Å². The number of hydrogen-bond acceptors (Lipinski definition) is 3. The third-order valence-electron chi connectivity index (χ3n) is 2.04. The van der Waals surface area contributed by atoms with Crippen LogP contribution in [0.15, 0.2) is 9.98 Å². The van der Waals surface area contributed by atoms with Gasteiger partial charge in [-0.1, -0.05) is 0 Å². The largest absolute Gasteiger partial charge is 0.379 e. The van der Waals surface area contributed by atoms with E-state index in [1.807, 2.05) is 0 Å². The summed E-state index contributed by atoms with van der Waals surface area (Å²) in [7, 11) is 3.42. The third-order valence-corrected chi connectivity index (χ3v) is 2.04. The van der Waals surface area contributed by atoms with E-state index in [0.29, 0.717) is 12.1 Å². The van der Waals surface area contributed by atoms with Gasteiger partial charge in [-0.3, -0.25) is 0 Å². The van der Waals surface area contributed by atoms with Crippen LogP contribution in [0.2, 0.25) is 0 Å². The molecule has 2 unspecified atom stereocenters. The number of aliphatic imine (C=N–C) groups is 2. The first-order valence-corrected chi connectivity index (χ1v) is 3.95. The Labute approximate surface area is 67.2 Å². The fourth-order valence-electron chi connectivity index (χ4n) is 1.46. The molecule has 2 atom stereocenters. The van der Waals surface area contributed by atoms with E-state index >= 15 is 0 Å². The van der Waals surface area contributed by atoms with E-state index in [-0.39, 0.29) is 0 Å². The first-order chi connectivity index (χ1) is 5.38. The zero-order valence-corrected chi connectivity index (χ0v) is 7.08. The Kier molecular flexibility index (Phi) is 3.27. The summed E-state index contributed by atoms with van der Waals surface area (Å²) in [5.74, 6) is 0. The highest BCUT2D eigenvalue weighted by atomic mass is 16.5. The quantitative estimate of drug-likeness (QED) is 0.553. The zero-order valence-electron chi connectivity index (χ0n) is 7.08. The minimum Gasteiger partial charge on any atom is -0.379 e. The maximum absolute atomic E-state index is 5.25. The highest BCUT2D eigenvalue weighted by Gasteiger charge is 2.25. The molecule has 3 heteroatoms. The molecule has 0 spiro atoms. The molecule has 1 rings (SSSR count). The summed E-state index contributed by atoms with van der Waals surface area (Å²) in [6, 6.07) is 2.92. The predicted molar refractivity (Wildman–Crippen MR) is 44.2 cm³/mol. The van der Waals surface area contributed by atoms with Gasteiger partial charge < -0.3 is 4.74 Å². The van der Waals surface area contributed by atoms with Crippen LogP contribution in [0.25, 0.3) is 0 Å². The first kappa shape index (κ1) is 8.44. The highest BCUT2D eigenvalue weighted by Crippen LogP contribution is 2.23. The topological polar surface area (TPSA) is 34.0 Å².